The molecule has 150 valence electrons. The molecule has 0 radical (unpaired) electrons. The molecule has 2 saturated heterocycles. The van der Waals surface area contributed by atoms with E-state index in [4.69, 9.17) is 25.8 Å². The van der Waals surface area contributed by atoms with Crippen molar-refractivity contribution in [2.75, 3.05) is 26.3 Å². The molecular weight excluding hydrogens is 400 g/mol. The number of ether oxygens (including phenoxy) is 3. The molecule has 0 saturated carbocycles. The molecule has 1 amide bonds. The fourth-order valence-corrected chi connectivity index (χ4v) is 4.34. The number of thiazole rings is 1. The molecule has 0 N–H and O–H groups in total. The second kappa shape index (κ2) is 9.22. The minimum absolute atomic E-state index is 0.0843. The van der Waals surface area contributed by atoms with Gasteiger partial charge in [-0.1, -0.05) is 11.6 Å². The van der Waals surface area contributed by atoms with Gasteiger partial charge in [0.2, 0.25) is 5.91 Å². The van der Waals surface area contributed by atoms with E-state index in [9.17, 15) is 4.79 Å². The van der Waals surface area contributed by atoms with E-state index >= 15 is 0 Å². The summed E-state index contributed by atoms with van der Waals surface area (Å²) in [6, 6.07) is 7.23. The van der Waals surface area contributed by atoms with Crippen LogP contribution in [0.1, 0.15) is 23.5 Å². The minimum Gasteiger partial charge on any atom is -0.486 e. The van der Waals surface area contributed by atoms with Crippen molar-refractivity contribution >= 4 is 28.8 Å². The zero-order valence-electron chi connectivity index (χ0n) is 15.5. The molecule has 0 spiro atoms. The Hall–Kier alpha value is -1.67. The number of likely N-dealkylation sites (tertiary alicyclic amines) is 1. The van der Waals surface area contributed by atoms with Gasteiger partial charge in [0.1, 0.15) is 17.4 Å². The standard InChI is InChI=1S/C20H23ClN2O4S/c21-15-1-3-17(4-2-15)27-12-18-22-16(13-28-18)11-19(24)23-7-5-14(6-8-23)20-25-9-10-26-20/h1-4,13-14,20H,5-12H2. The zero-order valence-corrected chi connectivity index (χ0v) is 17.1. The summed E-state index contributed by atoms with van der Waals surface area (Å²) >= 11 is 7.38. The molecule has 3 heterocycles. The fourth-order valence-electron chi connectivity index (χ4n) is 3.51. The molecule has 2 aliphatic rings. The van der Waals surface area contributed by atoms with Gasteiger partial charge in [-0.15, -0.1) is 11.3 Å². The molecular formula is C20H23ClN2O4S. The molecule has 0 unspecified atom stereocenters. The largest absolute Gasteiger partial charge is 0.486 e. The van der Waals surface area contributed by atoms with Crippen LogP contribution in [0, 0.1) is 5.92 Å². The summed E-state index contributed by atoms with van der Waals surface area (Å²) in [6.45, 7) is 3.25. The summed E-state index contributed by atoms with van der Waals surface area (Å²) in [4.78, 5) is 19.1. The second-order valence-electron chi connectivity index (χ2n) is 6.98. The molecule has 1 aromatic heterocycles. The summed E-state index contributed by atoms with van der Waals surface area (Å²) in [5, 5.41) is 3.47. The third kappa shape index (κ3) is 5.03. The molecule has 2 fully saturated rings. The molecule has 28 heavy (non-hydrogen) atoms. The predicted molar refractivity (Wildman–Crippen MR) is 107 cm³/mol. The van der Waals surface area contributed by atoms with Crippen molar-refractivity contribution in [2.45, 2.75) is 32.2 Å². The van der Waals surface area contributed by atoms with Crippen LogP contribution in [0.4, 0.5) is 0 Å². The lowest BCUT2D eigenvalue weighted by atomic mass is 9.96. The van der Waals surface area contributed by atoms with Crippen LogP contribution in [0.15, 0.2) is 29.6 Å². The van der Waals surface area contributed by atoms with E-state index in [1.807, 2.05) is 22.4 Å². The van der Waals surface area contributed by atoms with E-state index in [-0.39, 0.29) is 12.2 Å². The van der Waals surface area contributed by atoms with Crippen LogP contribution in [0.25, 0.3) is 0 Å². The number of aromatic nitrogens is 1. The van der Waals surface area contributed by atoms with Crippen LogP contribution in [-0.2, 0) is 27.3 Å². The maximum absolute atomic E-state index is 12.6. The number of hydrogen-bond acceptors (Lipinski definition) is 6. The van der Waals surface area contributed by atoms with Crippen LogP contribution in [-0.4, -0.2) is 48.4 Å². The predicted octanol–water partition coefficient (Wildman–Crippen LogP) is 3.53. The maximum Gasteiger partial charge on any atom is 0.228 e. The van der Waals surface area contributed by atoms with E-state index in [1.165, 1.54) is 11.3 Å². The van der Waals surface area contributed by atoms with Crippen LogP contribution in [0.5, 0.6) is 5.75 Å². The Morgan fingerprint density at radius 1 is 1.21 bits per heavy atom. The van der Waals surface area contributed by atoms with Gasteiger partial charge < -0.3 is 19.1 Å². The van der Waals surface area contributed by atoms with Gasteiger partial charge in [-0.25, -0.2) is 4.98 Å². The third-order valence-electron chi connectivity index (χ3n) is 5.03. The molecule has 2 aliphatic heterocycles. The summed E-state index contributed by atoms with van der Waals surface area (Å²) in [7, 11) is 0. The van der Waals surface area contributed by atoms with E-state index in [0.717, 1.165) is 42.4 Å². The highest BCUT2D eigenvalue weighted by molar-refractivity contribution is 7.09. The molecule has 1 aromatic carbocycles. The van der Waals surface area contributed by atoms with Gasteiger partial charge in [0.25, 0.3) is 0 Å². The van der Waals surface area contributed by atoms with E-state index in [1.54, 1.807) is 12.1 Å². The summed E-state index contributed by atoms with van der Waals surface area (Å²) < 4.78 is 16.9. The van der Waals surface area contributed by atoms with Crippen molar-refractivity contribution in [3.63, 3.8) is 0 Å². The zero-order chi connectivity index (χ0) is 19.3. The van der Waals surface area contributed by atoms with Crippen molar-refractivity contribution in [3.8, 4) is 5.75 Å². The first kappa shape index (κ1) is 19.6. The van der Waals surface area contributed by atoms with E-state index in [0.29, 0.717) is 37.2 Å². The molecule has 6 nitrogen and oxygen atoms in total. The summed E-state index contributed by atoms with van der Waals surface area (Å²) in [5.41, 5.74) is 0.800. The number of rotatable bonds is 6. The molecule has 4 rings (SSSR count). The molecule has 8 heteroatoms. The smallest absolute Gasteiger partial charge is 0.228 e. The lowest BCUT2D eigenvalue weighted by Crippen LogP contribution is -2.42. The third-order valence-corrected chi connectivity index (χ3v) is 6.16. The second-order valence-corrected chi connectivity index (χ2v) is 8.36. The number of benzene rings is 1. The first-order valence-corrected chi connectivity index (χ1v) is 10.8. The number of carbonyl (C=O) groups excluding carboxylic acids is 1. The van der Waals surface area contributed by atoms with Crippen molar-refractivity contribution in [2.24, 2.45) is 5.92 Å². The quantitative estimate of drug-likeness (QED) is 0.712. The summed E-state index contributed by atoms with van der Waals surface area (Å²) in [5.74, 6) is 1.26. The number of halogens is 1. The SMILES string of the molecule is O=C(Cc1csc(COc2ccc(Cl)cc2)n1)N1CCC(C2OCCO2)CC1. The Bertz CT molecular complexity index is 784. The van der Waals surface area contributed by atoms with Gasteiger partial charge in [-0.3, -0.25) is 4.79 Å². The van der Waals surface area contributed by atoms with Crippen LogP contribution < -0.4 is 4.74 Å². The number of piperidine rings is 1. The van der Waals surface area contributed by atoms with Crippen LogP contribution >= 0.6 is 22.9 Å². The Morgan fingerprint density at radius 2 is 1.93 bits per heavy atom. The monoisotopic (exact) mass is 422 g/mol. The average molecular weight is 423 g/mol. The Balaban J connectivity index is 1.23. The first-order chi connectivity index (χ1) is 13.7. The van der Waals surface area contributed by atoms with Crippen LogP contribution in [0.2, 0.25) is 5.02 Å². The van der Waals surface area contributed by atoms with Gasteiger partial charge in [0, 0.05) is 29.4 Å². The highest BCUT2D eigenvalue weighted by atomic mass is 35.5. The number of amides is 1. The van der Waals surface area contributed by atoms with Crippen molar-refractivity contribution in [1.82, 2.24) is 9.88 Å². The number of carbonyl (C=O) groups is 1. The number of hydrogen-bond donors (Lipinski definition) is 0. The number of nitrogens with zero attached hydrogens (tertiary/aromatic N) is 2. The molecule has 0 aliphatic carbocycles. The molecule has 2 aromatic rings. The van der Waals surface area contributed by atoms with Gasteiger partial charge in [0.15, 0.2) is 6.29 Å². The minimum atomic E-state index is -0.0843. The Labute approximate surface area is 173 Å². The van der Waals surface area contributed by atoms with Gasteiger partial charge >= 0.3 is 0 Å². The first-order valence-electron chi connectivity index (χ1n) is 9.50. The van der Waals surface area contributed by atoms with Crippen molar-refractivity contribution in [3.05, 3.63) is 45.4 Å². The Kier molecular flexibility index (Phi) is 6.47. The van der Waals surface area contributed by atoms with E-state index < -0.39 is 0 Å². The highest BCUT2D eigenvalue weighted by Gasteiger charge is 2.31. The lowest BCUT2D eigenvalue weighted by molar-refractivity contribution is -0.136. The Morgan fingerprint density at radius 3 is 2.64 bits per heavy atom. The average Bonchev–Trinajstić information content (AvgIpc) is 3.40. The fraction of sp³-hybridized carbons (Fsp3) is 0.500. The summed E-state index contributed by atoms with van der Waals surface area (Å²) in [6.07, 6.45) is 2.10. The van der Waals surface area contributed by atoms with Crippen molar-refractivity contribution < 1.29 is 19.0 Å². The lowest BCUT2D eigenvalue weighted by Gasteiger charge is -2.33. The highest BCUT2D eigenvalue weighted by Crippen LogP contribution is 2.26. The van der Waals surface area contributed by atoms with E-state index in [2.05, 4.69) is 4.98 Å². The molecule has 0 atom stereocenters. The molecule has 0 bridgehead atoms. The van der Waals surface area contributed by atoms with Gasteiger partial charge in [-0.05, 0) is 37.1 Å². The maximum atomic E-state index is 12.6. The van der Waals surface area contributed by atoms with Crippen molar-refractivity contribution in [1.29, 1.82) is 0 Å². The normalized spacial score (nSPS) is 18.5. The van der Waals surface area contributed by atoms with Gasteiger partial charge in [0.05, 0.1) is 25.3 Å². The topological polar surface area (TPSA) is 60.9 Å². The van der Waals surface area contributed by atoms with Crippen LogP contribution in [0.3, 0.4) is 0 Å². The van der Waals surface area contributed by atoms with Gasteiger partial charge in [-0.2, -0.15) is 0 Å².